The van der Waals surface area contributed by atoms with Crippen molar-refractivity contribution in [3.8, 4) is 23.3 Å². The molecule has 6 N–H and O–H groups in total. The Morgan fingerprint density at radius 1 is 0.600 bits per heavy atom. The summed E-state index contributed by atoms with van der Waals surface area (Å²) in [6.45, 7) is 20.4. The van der Waals surface area contributed by atoms with Gasteiger partial charge in [0.1, 0.15) is 34.5 Å². The topological polar surface area (TPSA) is 185 Å². The van der Waals surface area contributed by atoms with E-state index in [9.17, 15) is 37.4 Å². The van der Waals surface area contributed by atoms with Crippen molar-refractivity contribution in [3.05, 3.63) is 105 Å². The second-order valence-corrected chi connectivity index (χ2v) is 26.0. The first kappa shape index (κ1) is 60.5. The van der Waals surface area contributed by atoms with E-state index in [0.717, 1.165) is 97.4 Å². The minimum Gasteiger partial charge on any atom is -0.481 e. The number of rotatable bonds is 23. The first-order valence-electron chi connectivity index (χ1n) is 28.7. The second kappa shape index (κ2) is 24.9. The second-order valence-electron chi connectivity index (χ2n) is 26.0. The highest BCUT2D eigenvalue weighted by Crippen LogP contribution is 2.53. The SMILES string of the molecule is CC(C)Oc1nc(CC(C)(C)C)cc2c1OC1(CCC1)C[C@@H]2NC[C@H](O)[C@H](Cc1cc(F)cc(F)c1)NC(=O)CCC(=O)N[C@@H](Cc1cc(F)cc(F)c1)[C@@H](O)CN[C@@H]1CC2(CCC2)Oc2c1cc(CC(C)(C)C)nc2OC(C)C. The van der Waals surface area contributed by atoms with E-state index < -0.39 is 70.6 Å². The molecule has 14 nitrogen and oxygen atoms in total. The van der Waals surface area contributed by atoms with E-state index in [2.05, 4.69) is 62.8 Å². The Labute approximate surface area is 469 Å². The molecule has 4 heterocycles. The lowest BCUT2D eigenvalue weighted by Crippen LogP contribution is -2.53. The van der Waals surface area contributed by atoms with Crippen molar-refractivity contribution >= 4 is 11.8 Å². The van der Waals surface area contributed by atoms with Crippen LogP contribution in [0.1, 0.15) is 179 Å². The maximum atomic E-state index is 14.6. The van der Waals surface area contributed by atoms with Crippen molar-refractivity contribution in [3.63, 3.8) is 0 Å². The Morgan fingerprint density at radius 2 is 0.950 bits per heavy atom. The Bertz CT molecular complexity index is 2600. The molecule has 80 heavy (non-hydrogen) atoms. The van der Waals surface area contributed by atoms with Crippen molar-refractivity contribution in [2.24, 2.45) is 10.8 Å². The van der Waals surface area contributed by atoms with E-state index in [4.69, 9.17) is 28.9 Å². The summed E-state index contributed by atoms with van der Waals surface area (Å²) in [5.41, 5.74) is 2.63. The molecule has 2 spiro atoms. The van der Waals surface area contributed by atoms with Crippen LogP contribution in [0.3, 0.4) is 0 Å². The number of aliphatic hydroxyl groups is 2. The van der Waals surface area contributed by atoms with Crippen LogP contribution in [0.15, 0.2) is 48.5 Å². The van der Waals surface area contributed by atoms with E-state index in [1.54, 1.807) is 0 Å². The Morgan fingerprint density at radius 3 is 1.25 bits per heavy atom. The molecule has 438 valence electrons. The number of carbonyl (C=O) groups is 2. The fraction of sp³-hybridized carbons (Fsp3) is 0.613. The molecule has 0 radical (unpaired) electrons. The minimum atomic E-state index is -1.29. The number of fused-ring (bicyclic) bond motifs is 2. The number of ether oxygens (including phenoxy) is 4. The largest absolute Gasteiger partial charge is 0.481 e. The number of benzene rings is 2. The van der Waals surface area contributed by atoms with Gasteiger partial charge in [0.25, 0.3) is 11.8 Å². The van der Waals surface area contributed by atoms with Crippen LogP contribution in [0, 0.1) is 34.1 Å². The van der Waals surface area contributed by atoms with E-state index in [1.165, 1.54) is 0 Å². The summed E-state index contributed by atoms with van der Waals surface area (Å²) in [6.07, 6.45) is 3.82. The Kier molecular flexibility index (Phi) is 18.8. The highest BCUT2D eigenvalue weighted by Gasteiger charge is 2.49. The van der Waals surface area contributed by atoms with Crippen LogP contribution in [0.5, 0.6) is 23.3 Å². The number of amides is 2. The van der Waals surface area contributed by atoms with Crippen LogP contribution in [0.4, 0.5) is 17.6 Å². The number of nitrogens with zero attached hydrogens (tertiary/aromatic N) is 2. The molecule has 2 aliphatic carbocycles. The number of halogens is 4. The third-order valence-corrected chi connectivity index (χ3v) is 15.3. The number of aliphatic hydroxyl groups excluding tert-OH is 2. The van der Waals surface area contributed by atoms with E-state index in [0.29, 0.717) is 48.9 Å². The van der Waals surface area contributed by atoms with Gasteiger partial charge in [0.05, 0.1) is 36.5 Å². The molecular weight excluding hydrogens is 1030 g/mol. The summed E-state index contributed by atoms with van der Waals surface area (Å²) in [4.78, 5) is 37.7. The standard InChI is InChI=1S/C62H84F4N6O8/c1-35(2)77-57-55-45(27-43(69-57)29-59(5,6)7)49(31-61(79-55)15-11-16-61)67-33-51(73)47(23-37-19-39(63)25-40(64)20-37)71-53(75)13-14-54(76)72-48(24-38-21-41(65)26-42(66)22-38)52(74)34-68-50-32-62(17-12-18-62)80-56-46(50)28-44(30-60(8,9)10)70-58(56)78-36(3)4/h19-22,25-28,35-36,47-52,67-68,73-74H,11-18,23-24,29-34H2,1-10H3,(H,71,75)(H,72,76)/t47-,48-,49-,50+,51-,52-/m0/s1. The van der Waals surface area contributed by atoms with Crippen molar-refractivity contribution in [2.45, 2.75) is 219 Å². The lowest BCUT2D eigenvalue weighted by Gasteiger charge is -2.48. The van der Waals surface area contributed by atoms with Gasteiger partial charge in [-0.05, 0) is 150 Å². The van der Waals surface area contributed by atoms with Gasteiger partial charge in [-0.3, -0.25) is 9.59 Å². The average molecular weight is 1120 g/mol. The lowest BCUT2D eigenvalue weighted by atomic mass is 9.73. The summed E-state index contributed by atoms with van der Waals surface area (Å²) in [6, 6.07) is 7.32. The molecule has 4 aromatic rings. The Hall–Kier alpha value is -5.56. The maximum Gasteiger partial charge on any atom is 0.257 e. The molecule has 2 aromatic carbocycles. The van der Waals surface area contributed by atoms with Gasteiger partial charge in [-0.25, -0.2) is 27.5 Å². The molecular formula is C62H84F4N6O8. The molecule has 8 rings (SSSR count). The number of hydrogen-bond acceptors (Lipinski definition) is 12. The van der Waals surface area contributed by atoms with Gasteiger partial charge in [0.15, 0.2) is 11.5 Å². The van der Waals surface area contributed by atoms with Gasteiger partial charge >= 0.3 is 0 Å². The molecule has 0 unspecified atom stereocenters. The third kappa shape index (κ3) is 16.1. The molecule has 2 amide bonds. The van der Waals surface area contributed by atoms with Crippen LogP contribution < -0.4 is 40.2 Å². The smallest absolute Gasteiger partial charge is 0.257 e. The summed E-state index contributed by atoms with van der Waals surface area (Å²) < 4.78 is 84.4. The lowest BCUT2D eigenvalue weighted by molar-refractivity contribution is -0.128. The van der Waals surface area contributed by atoms with Gasteiger partial charge in [-0.15, -0.1) is 0 Å². The van der Waals surface area contributed by atoms with Crippen molar-refractivity contribution in [1.29, 1.82) is 0 Å². The maximum absolute atomic E-state index is 14.6. The molecule has 2 aliphatic heterocycles. The summed E-state index contributed by atoms with van der Waals surface area (Å²) >= 11 is 0. The molecule has 2 fully saturated rings. The summed E-state index contributed by atoms with van der Waals surface area (Å²) in [7, 11) is 0. The highest BCUT2D eigenvalue weighted by atomic mass is 19.1. The monoisotopic (exact) mass is 1120 g/mol. The molecule has 4 aliphatic rings. The number of carbonyl (C=O) groups excluding carboxylic acids is 2. The molecule has 6 atom stereocenters. The van der Waals surface area contributed by atoms with Crippen LogP contribution in [-0.2, 0) is 35.3 Å². The Balaban J connectivity index is 0.976. The van der Waals surface area contributed by atoms with Gasteiger partial charge in [0, 0.05) is 85.5 Å². The third-order valence-electron chi connectivity index (χ3n) is 15.3. The molecule has 0 bridgehead atoms. The van der Waals surface area contributed by atoms with Gasteiger partial charge in [-0.1, -0.05) is 41.5 Å². The van der Waals surface area contributed by atoms with E-state index in [-0.39, 0.29) is 85.0 Å². The first-order chi connectivity index (χ1) is 37.6. The molecule has 2 saturated carbocycles. The zero-order valence-electron chi connectivity index (χ0n) is 48.3. The van der Waals surface area contributed by atoms with Crippen molar-refractivity contribution < 1.29 is 56.3 Å². The van der Waals surface area contributed by atoms with Gasteiger partial charge in [0.2, 0.25) is 11.8 Å². The first-order valence-corrected chi connectivity index (χ1v) is 28.7. The number of hydrogen-bond donors (Lipinski definition) is 6. The molecule has 0 saturated heterocycles. The predicted molar refractivity (Wildman–Crippen MR) is 297 cm³/mol. The number of pyridine rings is 2. The zero-order chi connectivity index (χ0) is 57.9. The van der Waals surface area contributed by atoms with Crippen LogP contribution >= 0.6 is 0 Å². The van der Waals surface area contributed by atoms with Crippen LogP contribution in [-0.4, -0.2) is 92.8 Å². The summed E-state index contributed by atoms with van der Waals surface area (Å²) in [5, 5.41) is 36.7. The van der Waals surface area contributed by atoms with Crippen molar-refractivity contribution in [2.75, 3.05) is 13.1 Å². The quantitative estimate of drug-likeness (QED) is 0.0387. The molecule has 18 heteroatoms. The minimum absolute atomic E-state index is 0.0443. The van der Waals surface area contributed by atoms with Gasteiger partial charge in [-0.2, -0.15) is 0 Å². The average Bonchev–Trinajstić information content (AvgIpc) is 3.32. The normalized spacial score (nSPS) is 19.6. The number of nitrogens with one attached hydrogen (secondary N) is 4. The fourth-order valence-corrected chi connectivity index (χ4v) is 11.5. The fourth-order valence-electron chi connectivity index (χ4n) is 11.5. The van der Waals surface area contributed by atoms with Crippen LogP contribution in [0.2, 0.25) is 0 Å². The van der Waals surface area contributed by atoms with Crippen molar-refractivity contribution in [1.82, 2.24) is 31.2 Å². The van der Waals surface area contributed by atoms with E-state index >= 15 is 0 Å². The predicted octanol–water partition coefficient (Wildman–Crippen LogP) is 10.1. The van der Waals surface area contributed by atoms with Crippen LogP contribution in [0.25, 0.3) is 0 Å². The highest BCUT2D eigenvalue weighted by molar-refractivity contribution is 5.84. The zero-order valence-corrected chi connectivity index (χ0v) is 48.3. The molecule has 2 aromatic heterocycles. The summed E-state index contributed by atoms with van der Waals surface area (Å²) in [5.74, 6) is -2.60. The van der Waals surface area contributed by atoms with E-state index in [1.807, 2.05) is 39.8 Å². The van der Waals surface area contributed by atoms with Gasteiger partial charge < -0.3 is 50.4 Å². The number of aromatic nitrogens is 2.